The van der Waals surface area contributed by atoms with Gasteiger partial charge in [-0.25, -0.2) is 8.78 Å². The normalized spacial score (nSPS) is 18.3. The molecule has 22 heavy (non-hydrogen) atoms. The molecule has 1 aromatic carbocycles. The summed E-state index contributed by atoms with van der Waals surface area (Å²) in [4.78, 5) is 13.9. The Labute approximate surface area is 135 Å². The summed E-state index contributed by atoms with van der Waals surface area (Å²) in [5, 5.41) is 3.11. The van der Waals surface area contributed by atoms with E-state index in [1.165, 1.54) is 30.4 Å². The Kier molecular flexibility index (Phi) is 7.48. The fourth-order valence-corrected chi connectivity index (χ4v) is 2.65. The van der Waals surface area contributed by atoms with Crippen LogP contribution < -0.4 is 5.32 Å². The van der Waals surface area contributed by atoms with E-state index in [-0.39, 0.29) is 23.9 Å². The number of halogens is 3. The van der Waals surface area contributed by atoms with Crippen molar-refractivity contribution >= 4 is 24.4 Å². The highest BCUT2D eigenvalue weighted by Crippen LogP contribution is 2.17. The molecule has 1 saturated heterocycles. The molecule has 1 unspecified atom stereocenters. The van der Waals surface area contributed by atoms with Gasteiger partial charge in [0.05, 0.1) is 0 Å². The summed E-state index contributed by atoms with van der Waals surface area (Å²) >= 11 is 0. The first-order valence-corrected chi connectivity index (χ1v) is 7.17. The van der Waals surface area contributed by atoms with Gasteiger partial charge in [0, 0.05) is 24.7 Å². The second-order valence-electron chi connectivity index (χ2n) is 5.32. The van der Waals surface area contributed by atoms with Crippen molar-refractivity contribution in [1.82, 2.24) is 10.2 Å². The molecule has 3 nitrogen and oxygen atoms in total. The van der Waals surface area contributed by atoms with Crippen LogP contribution in [0.4, 0.5) is 8.78 Å². The van der Waals surface area contributed by atoms with Crippen LogP contribution >= 0.6 is 12.4 Å². The molecule has 0 radical (unpaired) electrons. The van der Waals surface area contributed by atoms with E-state index in [9.17, 15) is 13.6 Å². The van der Waals surface area contributed by atoms with Gasteiger partial charge in [0.1, 0.15) is 11.6 Å². The number of rotatable bonds is 4. The van der Waals surface area contributed by atoms with Crippen LogP contribution in [-0.2, 0) is 4.79 Å². The highest BCUT2D eigenvalue weighted by atomic mass is 35.5. The summed E-state index contributed by atoms with van der Waals surface area (Å²) in [5.74, 6) is -1.08. The van der Waals surface area contributed by atoms with Crippen molar-refractivity contribution in [2.75, 3.05) is 26.7 Å². The zero-order chi connectivity index (χ0) is 15.2. The fraction of sp³-hybridized carbons (Fsp3) is 0.438. The van der Waals surface area contributed by atoms with E-state index < -0.39 is 11.6 Å². The molecule has 2 rings (SSSR count). The maximum Gasteiger partial charge on any atom is 0.246 e. The molecule has 1 aromatic rings. The lowest BCUT2D eigenvalue weighted by Gasteiger charge is -2.32. The van der Waals surface area contributed by atoms with Crippen molar-refractivity contribution in [3.63, 3.8) is 0 Å². The quantitative estimate of drug-likeness (QED) is 0.861. The molecular formula is C16H21ClF2N2O. The molecule has 0 saturated carbocycles. The van der Waals surface area contributed by atoms with Gasteiger partial charge >= 0.3 is 0 Å². The molecule has 122 valence electrons. The number of nitrogens with one attached hydrogen (secondary N) is 1. The summed E-state index contributed by atoms with van der Waals surface area (Å²) in [7, 11) is 1.89. The Balaban J connectivity index is 0.00000242. The lowest BCUT2D eigenvalue weighted by atomic mass is 9.98. The van der Waals surface area contributed by atoms with Gasteiger partial charge in [0.15, 0.2) is 0 Å². The maximum atomic E-state index is 13.5. The van der Waals surface area contributed by atoms with Gasteiger partial charge in [-0.05, 0) is 50.6 Å². The molecule has 6 heteroatoms. The van der Waals surface area contributed by atoms with E-state index >= 15 is 0 Å². The van der Waals surface area contributed by atoms with E-state index in [0.29, 0.717) is 19.0 Å². The van der Waals surface area contributed by atoms with Crippen LogP contribution in [0.15, 0.2) is 24.3 Å². The molecule has 0 aliphatic carbocycles. The highest BCUT2D eigenvalue weighted by molar-refractivity contribution is 5.91. The lowest BCUT2D eigenvalue weighted by molar-refractivity contribution is -0.127. The van der Waals surface area contributed by atoms with Gasteiger partial charge < -0.3 is 10.2 Å². The van der Waals surface area contributed by atoms with Crippen LogP contribution in [0.3, 0.4) is 0 Å². The fourth-order valence-electron chi connectivity index (χ4n) is 2.65. The number of carbonyl (C=O) groups excluding carboxylic acids is 1. The Morgan fingerprint density at radius 1 is 1.41 bits per heavy atom. The van der Waals surface area contributed by atoms with E-state index in [0.717, 1.165) is 19.4 Å². The summed E-state index contributed by atoms with van der Waals surface area (Å²) in [6, 6.07) is 3.66. The number of benzene rings is 1. The largest absolute Gasteiger partial charge is 0.339 e. The predicted molar refractivity (Wildman–Crippen MR) is 85.9 cm³/mol. The van der Waals surface area contributed by atoms with Gasteiger partial charge in [0.2, 0.25) is 5.91 Å². The zero-order valence-corrected chi connectivity index (χ0v) is 13.3. The highest BCUT2D eigenvalue weighted by Gasteiger charge is 2.21. The average molecular weight is 331 g/mol. The smallest absolute Gasteiger partial charge is 0.246 e. The second-order valence-corrected chi connectivity index (χ2v) is 5.32. The van der Waals surface area contributed by atoms with Gasteiger partial charge in [-0.2, -0.15) is 0 Å². The van der Waals surface area contributed by atoms with Crippen molar-refractivity contribution in [2.45, 2.75) is 12.8 Å². The standard InChI is InChI=1S/C16H20F2N2O.ClH/c1-19-10-12-4-3-9-20(11-12)16(21)8-7-13-14(17)5-2-6-15(13)18;/h2,5-8,12,19H,3-4,9-11H2,1H3;1H/b8-7+;. The minimum absolute atomic E-state index is 0. The number of hydrogen-bond acceptors (Lipinski definition) is 2. The van der Waals surface area contributed by atoms with Gasteiger partial charge in [-0.3, -0.25) is 4.79 Å². The summed E-state index contributed by atoms with van der Waals surface area (Å²) in [6.07, 6.45) is 4.52. The third kappa shape index (κ3) is 4.78. The second kappa shape index (κ2) is 8.86. The minimum Gasteiger partial charge on any atom is -0.339 e. The number of piperidine rings is 1. The lowest BCUT2D eigenvalue weighted by Crippen LogP contribution is -2.41. The van der Waals surface area contributed by atoms with Crippen molar-refractivity contribution in [3.05, 3.63) is 41.5 Å². The summed E-state index contributed by atoms with van der Waals surface area (Å²) in [6.45, 7) is 2.25. The van der Waals surface area contributed by atoms with Gasteiger partial charge in [0.25, 0.3) is 0 Å². The molecule has 1 fully saturated rings. The van der Waals surface area contributed by atoms with Crippen molar-refractivity contribution < 1.29 is 13.6 Å². The Morgan fingerprint density at radius 2 is 2.09 bits per heavy atom. The topological polar surface area (TPSA) is 32.3 Å². The van der Waals surface area contributed by atoms with Crippen LogP contribution in [-0.4, -0.2) is 37.5 Å². The van der Waals surface area contributed by atoms with Crippen LogP contribution in [0.5, 0.6) is 0 Å². The first-order valence-electron chi connectivity index (χ1n) is 7.17. The molecule has 0 spiro atoms. The molecule has 1 aliphatic heterocycles. The SMILES string of the molecule is CNCC1CCCN(C(=O)/C=C/c2c(F)cccc2F)C1.Cl. The van der Waals surface area contributed by atoms with Crippen molar-refractivity contribution in [1.29, 1.82) is 0 Å². The number of amides is 1. The molecule has 1 heterocycles. The van der Waals surface area contributed by atoms with Crippen LogP contribution in [0, 0.1) is 17.6 Å². The number of hydrogen-bond donors (Lipinski definition) is 1. The Bertz CT molecular complexity index is 515. The Morgan fingerprint density at radius 3 is 2.73 bits per heavy atom. The van der Waals surface area contributed by atoms with Gasteiger partial charge in [-0.1, -0.05) is 6.07 Å². The van der Waals surface area contributed by atoms with E-state index in [4.69, 9.17) is 0 Å². The molecular weight excluding hydrogens is 310 g/mol. The first-order chi connectivity index (χ1) is 10.1. The molecule has 1 amide bonds. The monoisotopic (exact) mass is 330 g/mol. The van der Waals surface area contributed by atoms with E-state index in [2.05, 4.69) is 5.32 Å². The van der Waals surface area contributed by atoms with Crippen LogP contribution in [0.25, 0.3) is 6.08 Å². The summed E-state index contributed by atoms with van der Waals surface area (Å²) in [5.41, 5.74) is -0.172. The number of nitrogens with zero attached hydrogens (tertiary/aromatic N) is 1. The number of likely N-dealkylation sites (tertiary alicyclic amines) is 1. The third-order valence-electron chi connectivity index (χ3n) is 3.72. The Hall–Kier alpha value is -1.46. The average Bonchev–Trinajstić information content (AvgIpc) is 2.47. The maximum absolute atomic E-state index is 13.5. The molecule has 0 aromatic heterocycles. The van der Waals surface area contributed by atoms with E-state index in [1.54, 1.807) is 4.90 Å². The van der Waals surface area contributed by atoms with E-state index in [1.807, 2.05) is 7.05 Å². The van der Waals surface area contributed by atoms with Crippen molar-refractivity contribution in [3.8, 4) is 0 Å². The molecule has 0 bridgehead atoms. The van der Waals surface area contributed by atoms with Crippen molar-refractivity contribution in [2.24, 2.45) is 5.92 Å². The molecule has 1 N–H and O–H groups in total. The number of carbonyl (C=O) groups is 1. The van der Waals surface area contributed by atoms with Gasteiger partial charge in [-0.15, -0.1) is 12.4 Å². The van der Waals surface area contributed by atoms with Crippen LogP contribution in [0.2, 0.25) is 0 Å². The molecule has 1 atom stereocenters. The third-order valence-corrected chi connectivity index (χ3v) is 3.72. The summed E-state index contributed by atoms with van der Waals surface area (Å²) < 4.78 is 27.0. The predicted octanol–water partition coefficient (Wildman–Crippen LogP) is 2.86. The first kappa shape index (κ1) is 18.6. The zero-order valence-electron chi connectivity index (χ0n) is 12.5. The van der Waals surface area contributed by atoms with Crippen LogP contribution in [0.1, 0.15) is 18.4 Å². The molecule has 1 aliphatic rings. The minimum atomic E-state index is -0.661.